The van der Waals surface area contributed by atoms with Crippen LogP contribution < -0.4 is 10.1 Å². The minimum atomic E-state index is -0.492. The van der Waals surface area contributed by atoms with Gasteiger partial charge in [0.2, 0.25) is 5.91 Å². The Morgan fingerprint density at radius 1 is 1.29 bits per heavy atom. The van der Waals surface area contributed by atoms with Gasteiger partial charge in [0.05, 0.1) is 17.8 Å². The second-order valence-corrected chi connectivity index (χ2v) is 5.91. The number of carbonyl (C=O) groups is 2. The van der Waals surface area contributed by atoms with Crippen molar-refractivity contribution in [2.75, 3.05) is 13.7 Å². The molecular weight excluding hydrogens is 328 g/mol. The van der Waals surface area contributed by atoms with Gasteiger partial charge in [-0.05, 0) is 30.7 Å². The van der Waals surface area contributed by atoms with Crippen molar-refractivity contribution in [2.45, 2.75) is 13.5 Å². The van der Waals surface area contributed by atoms with Crippen LogP contribution in [0.4, 0.5) is 0 Å². The van der Waals surface area contributed by atoms with Crippen LogP contribution in [0.5, 0.6) is 5.75 Å². The summed E-state index contributed by atoms with van der Waals surface area (Å²) in [6.07, 6.45) is 3.01. The highest BCUT2D eigenvalue weighted by Gasteiger charge is 2.02. The Morgan fingerprint density at radius 2 is 2.04 bits per heavy atom. The number of rotatable bonds is 7. The van der Waals surface area contributed by atoms with Crippen LogP contribution in [0, 0.1) is 6.92 Å². The molecule has 1 aromatic heterocycles. The van der Waals surface area contributed by atoms with Crippen LogP contribution in [0.25, 0.3) is 6.08 Å². The van der Waals surface area contributed by atoms with E-state index in [1.807, 2.05) is 36.6 Å². The Hall–Kier alpha value is -2.67. The average Bonchev–Trinajstić information content (AvgIpc) is 3.02. The number of methoxy groups -OCH3 is 1. The van der Waals surface area contributed by atoms with E-state index in [9.17, 15) is 9.59 Å². The first-order valence-electron chi connectivity index (χ1n) is 7.23. The Labute approximate surface area is 144 Å². The lowest BCUT2D eigenvalue weighted by atomic mass is 10.2. The standard InChI is InChI=1S/C17H18N2O4S/c1-12-19-14(11-24-12)10-23-15-6-3-13(4-7-15)5-8-16(20)18-9-17(21)22-2/h3-8,11H,9-10H2,1-2H3,(H,18,20). The summed E-state index contributed by atoms with van der Waals surface area (Å²) >= 11 is 1.59. The van der Waals surface area contributed by atoms with Crippen molar-refractivity contribution in [3.05, 3.63) is 52.0 Å². The molecule has 6 nitrogen and oxygen atoms in total. The third-order valence-electron chi connectivity index (χ3n) is 3.00. The molecule has 0 saturated carbocycles. The fourth-order valence-corrected chi connectivity index (χ4v) is 2.37. The summed E-state index contributed by atoms with van der Waals surface area (Å²) in [5.74, 6) is -0.124. The monoisotopic (exact) mass is 346 g/mol. The van der Waals surface area contributed by atoms with Crippen LogP contribution >= 0.6 is 11.3 Å². The molecule has 1 aromatic carbocycles. The van der Waals surface area contributed by atoms with E-state index in [0.29, 0.717) is 6.61 Å². The predicted octanol–water partition coefficient (Wildman–Crippen LogP) is 2.33. The van der Waals surface area contributed by atoms with E-state index < -0.39 is 5.97 Å². The van der Waals surface area contributed by atoms with E-state index in [-0.39, 0.29) is 12.5 Å². The van der Waals surface area contributed by atoms with Gasteiger partial charge in [-0.15, -0.1) is 11.3 Å². The average molecular weight is 346 g/mol. The van der Waals surface area contributed by atoms with E-state index in [0.717, 1.165) is 22.0 Å². The number of nitrogens with one attached hydrogen (secondary N) is 1. The molecule has 2 rings (SSSR count). The lowest BCUT2D eigenvalue weighted by Crippen LogP contribution is -2.28. The number of ether oxygens (including phenoxy) is 2. The van der Waals surface area contributed by atoms with Gasteiger partial charge in [0.25, 0.3) is 0 Å². The molecule has 126 valence electrons. The third kappa shape index (κ3) is 5.85. The number of carbonyl (C=O) groups excluding carboxylic acids is 2. The van der Waals surface area contributed by atoms with Gasteiger partial charge in [0, 0.05) is 11.5 Å². The fourth-order valence-electron chi connectivity index (χ4n) is 1.77. The first-order chi connectivity index (χ1) is 11.6. The first kappa shape index (κ1) is 17.7. The number of aryl methyl sites for hydroxylation is 1. The van der Waals surface area contributed by atoms with E-state index in [1.165, 1.54) is 13.2 Å². The van der Waals surface area contributed by atoms with Gasteiger partial charge in [-0.1, -0.05) is 12.1 Å². The van der Waals surface area contributed by atoms with E-state index in [4.69, 9.17) is 4.74 Å². The molecule has 24 heavy (non-hydrogen) atoms. The van der Waals surface area contributed by atoms with Gasteiger partial charge >= 0.3 is 5.97 Å². The second kappa shape index (κ2) is 8.83. The van der Waals surface area contributed by atoms with Crippen LogP contribution in [0.2, 0.25) is 0 Å². The maximum Gasteiger partial charge on any atom is 0.325 e. The number of benzene rings is 1. The Morgan fingerprint density at radius 3 is 2.67 bits per heavy atom. The van der Waals surface area contributed by atoms with Gasteiger partial charge in [0.15, 0.2) is 0 Å². The summed E-state index contributed by atoms with van der Waals surface area (Å²) < 4.78 is 10.1. The molecule has 0 saturated heterocycles. The molecule has 1 heterocycles. The summed E-state index contributed by atoms with van der Waals surface area (Å²) in [5, 5.41) is 5.41. The zero-order valence-corrected chi connectivity index (χ0v) is 14.3. The molecule has 0 aliphatic carbocycles. The Balaban J connectivity index is 1.81. The van der Waals surface area contributed by atoms with Crippen molar-refractivity contribution in [1.82, 2.24) is 10.3 Å². The molecule has 0 radical (unpaired) electrons. The van der Waals surface area contributed by atoms with Crippen LogP contribution in [0.3, 0.4) is 0 Å². The van der Waals surface area contributed by atoms with Crippen molar-refractivity contribution in [1.29, 1.82) is 0 Å². The van der Waals surface area contributed by atoms with E-state index in [1.54, 1.807) is 17.4 Å². The van der Waals surface area contributed by atoms with Crippen LogP contribution in [0.1, 0.15) is 16.3 Å². The molecule has 0 unspecified atom stereocenters. The Kier molecular flexibility index (Phi) is 6.51. The molecule has 1 amide bonds. The highest BCUT2D eigenvalue weighted by molar-refractivity contribution is 7.09. The smallest absolute Gasteiger partial charge is 0.325 e. The number of aromatic nitrogens is 1. The quantitative estimate of drug-likeness (QED) is 0.615. The number of thiazole rings is 1. The zero-order valence-electron chi connectivity index (χ0n) is 13.4. The first-order valence-corrected chi connectivity index (χ1v) is 8.11. The minimum Gasteiger partial charge on any atom is -0.487 e. The number of nitrogens with zero attached hydrogens (tertiary/aromatic N) is 1. The summed E-state index contributed by atoms with van der Waals surface area (Å²) in [4.78, 5) is 26.8. The van der Waals surface area contributed by atoms with E-state index >= 15 is 0 Å². The maximum absolute atomic E-state index is 11.5. The highest BCUT2D eigenvalue weighted by Crippen LogP contribution is 2.16. The molecule has 0 spiro atoms. The van der Waals surface area contributed by atoms with Gasteiger partial charge in [-0.25, -0.2) is 4.98 Å². The SMILES string of the molecule is COC(=O)CNC(=O)C=Cc1ccc(OCc2csc(C)n2)cc1. The predicted molar refractivity (Wildman–Crippen MR) is 91.7 cm³/mol. The molecule has 0 bridgehead atoms. The number of hydrogen-bond donors (Lipinski definition) is 1. The topological polar surface area (TPSA) is 77.5 Å². The lowest BCUT2D eigenvalue weighted by Gasteiger charge is -2.04. The highest BCUT2D eigenvalue weighted by atomic mass is 32.1. The number of esters is 1. The third-order valence-corrected chi connectivity index (χ3v) is 3.82. The molecule has 0 aliphatic rings. The molecule has 2 aromatic rings. The summed E-state index contributed by atoms with van der Waals surface area (Å²) in [7, 11) is 1.27. The van der Waals surface area contributed by atoms with Crippen LogP contribution in [0.15, 0.2) is 35.7 Å². The van der Waals surface area contributed by atoms with Crippen molar-refractivity contribution < 1.29 is 19.1 Å². The van der Waals surface area contributed by atoms with Crippen molar-refractivity contribution >= 4 is 29.3 Å². The minimum absolute atomic E-state index is 0.150. The van der Waals surface area contributed by atoms with Gasteiger partial charge in [-0.3, -0.25) is 9.59 Å². The van der Waals surface area contributed by atoms with Gasteiger partial charge in [0.1, 0.15) is 18.9 Å². The molecule has 1 N–H and O–H groups in total. The van der Waals surface area contributed by atoms with Crippen molar-refractivity contribution in [3.8, 4) is 5.75 Å². The molecule has 0 atom stereocenters. The van der Waals surface area contributed by atoms with Crippen LogP contribution in [-0.2, 0) is 20.9 Å². The van der Waals surface area contributed by atoms with Crippen molar-refractivity contribution in [3.63, 3.8) is 0 Å². The van der Waals surface area contributed by atoms with E-state index in [2.05, 4.69) is 15.0 Å². The van der Waals surface area contributed by atoms with Crippen molar-refractivity contribution in [2.24, 2.45) is 0 Å². The number of amides is 1. The fraction of sp³-hybridized carbons (Fsp3) is 0.235. The summed E-state index contributed by atoms with van der Waals surface area (Å²) in [6.45, 7) is 2.23. The second-order valence-electron chi connectivity index (χ2n) is 4.84. The molecular formula is C17H18N2O4S. The lowest BCUT2D eigenvalue weighted by molar-refractivity contribution is -0.140. The zero-order chi connectivity index (χ0) is 17.4. The molecule has 0 fully saturated rings. The normalized spacial score (nSPS) is 10.6. The Bertz CT molecular complexity index is 722. The molecule has 7 heteroatoms. The van der Waals surface area contributed by atoms with Crippen LogP contribution in [-0.4, -0.2) is 30.5 Å². The largest absolute Gasteiger partial charge is 0.487 e. The molecule has 0 aliphatic heterocycles. The van der Waals surface area contributed by atoms with Gasteiger partial charge in [-0.2, -0.15) is 0 Å². The summed E-state index contributed by atoms with van der Waals surface area (Å²) in [5.41, 5.74) is 1.75. The number of hydrogen-bond acceptors (Lipinski definition) is 6. The van der Waals surface area contributed by atoms with Gasteiger partial charge < -0.3 is 14.8 Å². The summed E-state index contributed by atoms with van der Waals surface area (Å²) in [6, 6.07) is 7.33. The maximum atomic E-state index is 11.5.